The molecular formula is C21H17N5O. The van der Waals surface area contributed by atoms with Crippen LogP contribution in [0, 0.1) is 6.92 Å². The van der Waals surface area contributed by atoms with E-state index in [1.807, 2.05) is 61.5 Å². The molecule has 0 spiro atoms. The number of anilines is 1. The van der Waals surface area contributed by atoms with Crippen LogP contribution in [0.4, 0.5) is 5.82 Å². The number of carbonyl (C=O) groups is 1. The highest BCUT2D eigenvalue weighted by atomic mass is 16.2. The molecule has 0 aliphatic rings. The minimum Gasteiger partial charge on any atom is -0.302 e. The number of aryl methyl sites for hydroxylation is 1. The number of aromatic nitrogens is 4. The molecule has 0 bridgehead atoms. The standard InChI is InChI=1S/C21H17N5O/c1-14-7-5-6-10-16(14)18-13-19(26-25-18)24-21(27)20-22-12-11-17(23-20)15-8-3-2-4-9-15/h2-13H,1H3,(H2,24,25,26,27). The minimum absolute atomic E-state index is 0.0943. The third-order valence-electron chi connectivity index (χ3n) is 4.18. The zero-order valence-corrected chi connectivity index (χ0v) is 14.7. The molecule has 0 aliphatic heterocycles. The molecule has 0 aliphatic carbocycles. The van der Waals surface area contributed by atoms with Gasteiger partial charge in [0.05, 0.1) is 11.4 Å². The van der Waals surface area contributed by atoms with Gasteiger partial charge >= 0.3 is 0 Å². The molecule has 0 fully saturated rings. The van der Waals surface area contributed by atoms with E-state index in [0.717, 1.165) is 22.4 Å². The molecule has 6 heteroatoms. The fourth-order valence-corrected chi connectivity index (χ4v) is 2.81. The monoisotopic (exact) mass is 355 g/mol. The van der Waals surface area contributed by atoms with Crippen LogP contribution < -0.4 is 5.32 Å². The quantitative estimate of drug-likeness (QED) is 0.577. The smallest absolute Gasteiger partial charge is 0.294 e. The Hall–Kier alpha value is -3.80. The number of H-pyrrole nitrogens is 1. The SMILES string of the molecule is Cc1ccccc1-c1cc(NC(=O)c2nccc(-c3ccccc3)n2)n[nH]1. The normalized spacial score (nSPS) is 10.6. The van der Waals surface area contributed by atoms with E-state index in [-0.39, 0.29) is 5.82 Å². The number of rotatable bonds is 4. The molecule has 0 saturated heterocycles. The summed E-state index contributed by atoms with van der Waals surface area (Å²) in [5.41, 5.74) is 4.61. The average molecular weight is 355 g/mol. The van der Waals surface area contributed by atoms with Gasteiger partial charge in [-0.1, -0.05) is 54.6 Å². The predicted octanol–water partition coefficient (Wildman–Crippen LogP) is 4.09. The summed E-state index contributed by atoms with van der Waals surface area (Å²) < 4.78 is 0. The van der Waals surface area contributed by atoms with Crippen LogP contribution in [0.15, 0.2) is 72.9 Å². The maximum Gasteiger partial charge on any atom is 0.294 e. The first-order chi connectivity index (χ1) is 13.2. The Morgan fingerprint density at radius 3 is 2.59 bits per heavy atom. The Kier molecular flexibility index (Phi) is 4.45. The predicted molar refractivity (Wildman–Crippen MR) is 104 cm³/mol. The van der Waals surface area contributed by atoms with Gasteiger partial charge in [-0.15, -0.1) is 0 Å². The Balaban J connectivity index is 1.54. The van der Waals surface area contributed by atoms with E-state index in [4.69, 9.17) is 0 Å². The van der Waals surface area contributed by atoms with Crippen LogP contribution >= 0.6 is 0 Å². The molecule has 4 aromatic rings. The molecule has 27 heavy (non-hydrogen) atoms. The molecular weight excluding hydrogens is 338 g/mol. The molecule has 2 aromatic carbocycles. The summed E-state index contributed by atoms with van der Waals surface area (Å²) >= 11 is 0. The summed E-state index contributed by atoms with van der Waals surface area (Å²) in [7, 11) is 0. The van der Waals surface area contributed by atoms with Crippen molar-refractivity contribution in [2.24, 2.45) is 0 Å². The summed E-state index contributed by atoms with van der Waals surface area (Å²) in [6.07, 6.45) is 1.58. The van der Waals surface area contributed by atoms with Crippen LogP contribution in [-0.2, 0) is 0 Å². The Morgan fingerprint density at radius 1 is 1.00 bits per heavy atom. The molecule has 6 nitrogen and oxygen atoms in total. The van der Waals surface area contributed by atoms with Crippen molar-refractivity contribution in [2.45, 2.75) is 6.92 Å². The molecule has 4 rings (SSSR count). The molecule has 0 saturated carbocycles. The van der Waals surface area contributed by atoms with E-state index < -0.39 is 5.91 Å². The van der Waals surface area contributed by atoms with Gasteiger partial charge < -0.3 is 5.32 Å². The molecule has 2 aromatic heterocycles. The third kappa shape index (κ3) is 3.59. The molecule has 0 unspecified atom stereocenters. The first-order valence-electron chi connectivity index (χ1n) is 8.52. The van der Waals surface area contributed by atoms with Gasteiger partial charge in [0.25, 0.3) is 5.91 Å². The lowest BCUT2D eigenvalue weighted by Crippen LogP contribution is -2.16. The zero-order valence-electron chi connectivity index (χ0n) is 14.7. The highest BCUT2D eigenvalue weighted by Gasteiger charge is 2.13. The first kappa shape index (κ1) is 16.7. The first-order valence-corrected chi connectivity index (χ1v) is 8.52. The highest BCUT2D eigenvalue weighted by molar-refractivity contribution is 6.01. The molecule has 0 atom stereocenters. The summed E-state index contributed by atoms with van der Waals surface area (Å²) in [6, 6.07) is 21.2. The second-order valence-corrected chi connectivity index (χ2v) is 6.07. The summed E-state index contributed by atoms with van der Waals surface area (Å²) in [4.78, 5) is 21.0. The molecule has 2 heterocycles. The number of carbonyl (C=O) groups excluding carboxylic acids is 1. The van der Waals surface area contributed by atoms with E-state index in [2.05, 4.69) is 25.5 Å². The fraction of sp³-hybridized carbons (Fsp3) is 0.0476. The zero-order chi connectivity index (χ0) is 18.6. The van der Waals surface area contributed by atoms with Gasteiger partial charge in [0, 0.05) is 23.4 Å². The van der Waals surface area contributed by atoms with Crippen LogP contribution in [0.5, 0.6) is 0 Å². The lowest BCUT2D eigenvalue weighted by molar-refractivity contribution is 0.101. The van der Waals surface area contributed by atoms with E-state index >= 15 is 0 Å². The van der Waals surface area contributed by atoms with Gasteiger partial charge in [-0.25, -0.2) is 9.97 Å². The number of aromatic amines is 1. The largest absolute Gasteiger partial charge is 0.302 e. The topological polar surface area (TPSA) is 83.6 Å². The van der Waals surface area contributed by atoms with Crippen molar-refractivity contribution in [2.75, 3.05) is 5.32 Å². The maximum absolute atomic E-state index is 12.5. The van der Waals surface area contributed by atoms with E-state index in [1.165, 1.54) is 0 Å². The van der Waals surface area contributed by atoms with Crippen molar-refractivity contribution < 1.29 is 4.79 Å². The second kappa shape index (κ2) is 7.21. The Bertz CT molecular complexity index is 1090. The van der Waals surface area contributed by atoms with Crippen LogP contribution in [0.1, 0.15) is 16.2 Å². The van der Waals surface area contributed by atoms with Gasteiger partial charge in [0.1, 0.15) is 0 Å². The van der Waals surface area contributed by atoms with Crippen LogP contribution in [-0.4, -0.2) is 26.1 Å². The Labute approximate surface area is 156 Å². The summed E-state index contributed by atoms with van der Waals surface area (Å²) in [6.45, 7) is 2.03. The molecule has 0 radical (unpaired) electrons. The second-order valence-electron chi connectivity index (χ2n) is 6.07. The van der Waals surface area contributed by atoms with Crippen molar-refractivity contribution in [1.29, 1.82) is 0 Å². The van der Waals surface area contributed by atoms with Crippen molar-refractivity contribution in [3.05, 3.63) is 84.3 Å². The van der Waals surface area contributed by atoms with Crippen molar-refractivity contribution in [3.63, 3.8) is 0 Å². The molecule has 2 N–H and O–H groups in total. The molecule has 132 valence electrons. The number of amides is 1. The average Bonchev–Trinajstić information content (AvgIpc) is 3.17. The minimum atomic E-state index is -0.407. The lowest BCUT2D eigenvalue weighted by Gasteiger charge is -2.04. The number of nitrogens with zero attached hydrogens (tertiary/aromatic N) is 3. The molecule has 1 amide bonds. The van der Waals surface area contributed by atoms with Gasteiger partial charge in [0.15, 0.2) is 5.82 Å². The lowest BCUT2D eigenvalue weighted by atomic mass is 10.1. The van der Waals surface area contributed by atoms with Gasteiger partial charge in [-0.3, -0.25) is 9.89 Å². The Morgan fingerprint density at radius 2 is 1.78 bits per heavy atom. The van der Waals surface area contributed by atoms with Crippen molar-refractivity contribution >= 4 is 11.7 Å². The van der Waals surface area contributed by atoms with Crippen LogP contribution in [0.25, 0.3) is 22.5 Å². The summed E-state index contributed by atoms with van der Waals surface area (Å²) in [5.74, 6) is 0.111. The van der Waals surface area contributed by atoms with Crippen LogP contribution in [0.3, 0.4) is 0 Å². The van der Waals surface area contributed by atoms with Crippen molar-refractivity contribution in [1.82, 2.24) is 20.2 Å². The van der Waals surface area contributed by atoms with Crippen LogP contribution in [0.2, 0.25) is 0 Å². The number of benzene rings is 2. The summed E-state index contributed by atoms with van der Waals surface area (Å²) in [5, 5.41) is 9.86. The number of nitrogens with one attached hydrogen (secondary N) is 2. The van der Waals surface area contributed by atoms with Gasteiger partial charge in [0.2, 0.25) is 5.82 Å². The van der Waals surface area contributed by atoms with Crippen molar-refractivity contribution in [3.8, 4) is 22.5 Å². The number of hydrogen-bond donors (Lipinski definition) is 2. The highest BCUT2D eigenvalue weighted by Crippen LogP contribution is 2.23. The third-order valence-corrected chi connectivity index (χ3v) is 4.18. The fourth-order valence-electron chi connectivity index (χ4n) is 2.81. The van der Waals surface area contributed by atoms with E-state index in [9.17, 15) is 4.79 Å². The van der Waals surface area contributed by atoms with E-state index in [0.29, 0.717) is 11.5 Å². The number of hydrogen-bond acceptors (Lipinski definition) is 4. The van der Waals surface area contributed by atoms with Gasteiger partial charge in [-0.05, 0) is 18.6 Å². The maximum atomic E-state index is 12.5. The van der Waals surface area contributed by atoms with E-state index in [1.54, 1.807) is 18.3 Å². The van der Waals surface area contributed by atoms with Gasteiger partial charge in [-0.2, -0.15) is 5.10 Å².